The van der Waals surface area contributed by atoms with Gasteiger partial charge in [-0.2, -0.15) is 0 Å². The number of carboxylic acid groups (broad SMARTS) is 1. The second-order valence-electron chi connectivity index (χ2n) is 3.55. The third-order valence-electron chi connectivity index (χ3n) is 1.90. The zero-order valence-electron chi connectivity index (χ0n) is 9.33. The van der Waals surface area contributed by atoms with Crippen molar-refractivity contribution in [2.75, 3.05) is 6.54 Å². The third kappa shape index (κ3) is 7.50. The van der Waals surface area contributed by atoms with Crippen LogP contribution in [0, 0.1) is 0 Å². The van der Waals surface area contributed by atoms with Gasteiger partial charge in [0.25, 0.3) is 0 Å². The Hall–Kier alpha value is 0.430. The van der Waals surface area contributed by atoms with Crippen LogP contribution >= 0.6 is 0 Å². The van der Waals surface area contributed by atoms with Crippen LogP contribution in [0.4, 0.5) is 0 Å². The molecule has 0 spiro atoms. The fourth-order valence-electron chi connectivity index (χ4n) is 1.33. The van der Waals surface area contributed by atoms with Gasteiger partial charge >= 0.3 is 29.6 Å². The second-order valence-corrected chi connectivity index (χ2v) is 3.55. The molecule has 13 heavy (non-hydrogen) atoms. The maximum Gasteiger partial charge on any atom is 1.00 e. The minimum atomic E-state index is -0.971. The van der Waals surface area contributed by atoms with Gasteiger partial charge in [0.1, 0.15) is 0 Å². The van der Waals surface area contributed by atoms with Crippen LogP contribution in [-0.4, -0.2) is 29.5 Å². The first-order valence-corrected chi connectivity index (χ1v) is 4.40. The number of carbonyl (C=O) groups is 1. The average Bonchev–Trinajstić information content (AvgIpc) is 1.84. The first-order valence-electron chi connectivity index (χ1n) is 4.40. The van der Waals surface area contributed by atoms with Crippen LogP contribution < -0.4 is 34.7 Å². The molecule has 0 radical (unpaired) electrons. The molecule has 0 atom stereocenters. The summed E-state index contributed by atoms with van der Waals surface area (Å²) >= 11 is 0. The largest absolute Gasteiger partial charge is 1.00 e. The van der Waals surface area contributed by atoms with Crippen molar-refractivity contribution in [1.82, 2.24) is 4.90 Å². The molecule has 0 N–H and O–H groups in total. The van der Waals surface area contributed by atoms with Crippen LogP contribution in [0.25, 0.3) is 0 Å². The Labute approximate surface area is 103 Å². The Morgan fingerprint density at radius 2 is 1.62 bits per heavy atom. The van der Waals surface area contributed by atoms with Crippen LogP contribution in [0.1, 0.15) is 34.1 Å². The Bertz CT molecular complexity index is 141. The Morgan fingerprint density at radius 3 is 1.85 bits per heavy atom. The maximum atomic E-state index is 10.2. The van der Waals surface area contributed by atoms with E-state index in [1.165, 1.54) is 0 Å². The summed E-state index contributed by atoms with van der Waals surface area (Å²) < 4.78 is 0. The quantitative estimate of drug-likeness (QED) is 0.447. The van der Waals surface area contributed by atoms with E-state index in [2.05, 4.69) is 32.6 Å². The molecule has 4 heteroatoms. The van der Waals surface area contributed by atoms with Crippen molar-refractivity contribution in [3.63, 3.8) is 0 Å². The molecule has 72 valence electrons. The summed E-state index contributed by atoms with van der Waals surface area (Å²) in [4.78, 5) is 12.3. The van der Waals surface area contributed by atoms with Gasteiger partial charge in [0.15, 0.2) is 0 Å². The number of carbonyl (C=O) groups excluding carboxylic acids is 1. The van der Waals surface area contributed by atoms with Crippen molar-refractivity contribution in [3.8, 4) is 0 Å². The van der Waals surface area contributed by atoms with Crippen molar-refractivity contribution >= 4 is 5.97 Å². The first kappa shape index (κ1) is 15.9. The first-order chi connectivity index (χ1) is 5.45. The minimum Gasteiger partial charge on any atom is -0.550 e. The fourth-order valence-corrected chi connectivity index (χ4v) is 1.33. The number of hydrogen-bond donors (Lipinski definition) is 0. The van der Waals surface area contributed by atoms with E-state index < -0.39 is 5.97 Å². The van der Waals surface area contributed by atoms with Gasteiger partial charge in [0, 0.05) is 24.6 Å². The molecule has 0 bridgehead atoms. The molecule has 0 rings (SSSR count). The van der Waals surface area contributed by atoms with Crippen molar-refractivity contribution in [2.45, 2.75) is 46.2 Å². The van der Waals surface area contributed by atoms with E-state index in [9.17, 15) is 9.90 Å². The van der Waals surface area contributed by atoms with E-state index >= 15 is 0 Å². The molecule has 0 aliphatic carbocycles. The molecule has 0 aromatic rings. The van der Waals surface area contributed by atoms with Gasteiger partial charge in [-0.3, -0.25) is 4.90 Å². The smallest absolute Gasteiger partial charge is 0.550 e. The summed E-state index contributed by atoms with van der Waals surface area (Å²) in [7, 11) is 0. The van der Waals surface area contributed by atoms with E-state index in [0.29, 0.717) is 18.6 Å². The van der Waals surface area contributed by atoms with E-state index in [4.69, 9.17) is 0 Å². The number of hydrogen-bond acceptors (Lipinski definition) is 3. The van der Waals surface area contributed by atoms with E-state index in [1.54, 1.807) is 0 Å². The van der Waals surface area contributed by atoms with Crippen molar-refractivity contribution < 1.29 is 39.5 Å². The number of rotatable bonds is 5. The molecule has 0 heterocycles. The maximum absolute atomic E-state index is 10.2. The monoisotopic (exact) mass is 195 g/mol. The van der Waals surface area contributed by atoms with Crippen molar-refractivity contribution in [1.29, 1.82) is 0 Å². The molecule has 0 aliphatic rings. The normalized spacial score (nSPS) is 10.7. The van der Waals surface area contributed by atoms with Crippen LogP contribution in [0.5, 0.6) is 0 Å². The zero-order valence-corrected chi connectivity index (χ0v) is 11.3. The van der Waals surface area contributed by atoms with Gasteiger partial charge < -0.3 is 9.90 Å². The van der Waals surface area contributed by atoms with Gasteiger partial charge in [-0.05, 0) is 34.1 Å². The van der Waals surface area contributed by atoms with Crippen molar-refractivity contribution in [3.05, 3.63) is 0 Å². The van der Waals surface area contributed by atoms with Crippen LogP contribution in [0.2, 0.25) is 0 Å². The molecular weight excluding hydrogens is 177 g/mol. The fraction of sp³-hybridized carbons (Fsp3) is 0.889. The summed E-state index contributed by atoms with van der Waals surface area (Å²) in [5.74, 6) is -0.971. The predicted molar refractivity (Wildman–Crippen MR) is 46.6 cm³/mol. The standard InChI is InChI=1S/C9H19NO2.Na/c1-7(2)10(8(3)4)6-5-9(11)12;/h7-8H,5-6H2,1-4H3,(H,11,12);/q;+1/p-1. The van der Waals surface area contributed by atoms with Crippen LogP contribution in [0.3, 0.4) is 0 Å². The Balaban J connectivity index is 0. The summed E-state index contributed by atoms with van der Waals surface area (Å²) in [5, 5.41) is 10.2. The Morgan fingerprint density at radius 1 is 1.23 bits per heavy atom. The third-order valence-corrected chi connectivity index (χ3v) is 1.90. The van der Waals surface area contributed by atoms with Crippen LogP contribution in [-0.2, 0) is 4.79 Å². The van der Waals surface area contributed by atoms with Gasteiger partial charge in [-0.15, -0.1) is 0 Å². The molecule has 0 aromatic carbocycles. The zero-order chi connectivity index (χ0) is 9.72. The average molecular weight is 195 g/mol. The SMILES string of the molecule is CC(C)N(CCC(=O)[O-])C(C)C.[Na+]. The van der Waals surface area contributed by atoms with E-state index in [1.807, 2.05) is 0 Å². The predicted octanol–water partition coefficient (Wildman–Crippen LogP) is -2.75. The van der Waals surface area contributed by atoms with Crippen LogP contribution in [0.15, 0.2) is 0 Å². The molecule has 0 amide bonds. The molecule has 0 unspecified atom stereocenters. The summed E-state index contributed by atoms with van der Waals surface area (Å²) in [6.45, 7) is 8.84. The van der Waals surface area contributed by atoms with Crippen molar-refractivity contribution in [2.24, 2.45) is 0 Å². The molecule has 0 saturated heterocycles. The summed E-state index contributed by atoms with van der Waals surface area (Å²) in [6, 6.07) is 0.786. The molecule has 3 nitrogen and oxygen atoms in total. The number of nitrogens with zero attached hydrogens (tertiary/aromatic N) is 1. The van der Waals surface area contributed by atoms with E-state index in [-0.39, 0.29) is 36.0 Å². The molecule has 0 aliphatic heterocycles. The molecule has 0 aromatic heterocycles. The van der Waals surface area contributed by atoms with E-state index in [0.717, 1.165) is 0 Å². The van der Waals surface area contributed by atoms with Gasteiger partial charge in [0.2, 0.25) is 0 Å². The van der Waals surface area contributed by atoms with Gasteiger partial charge in [-0.25, -0.2) is 0 Å². The summed E-state index contributed by atoms with van der Waals surface area (Å²) in [5.41, 5.74) is 0. The Kier molecular flexibility index (Phi) is 9.53. The minimum absolute atomic E-state index is 0. The number of carboxylic acids is 1. The molecular formula is C9H18NNaO2. The topological polar surface area (TPSA) is 43.4 Å². The molecule has 0 fully saturated rings. The second kappa shape index (κ2) is 7.80. The summed E-state index contributed by atoms with van der Waals surface area (Å²) in [6.07, 6.45) is 0.121. The number of aliphatic carboxylic acids is 1. The molecule has 0 saturated carbocycles. The van der Waals surface area contributed by atoms with Gasteiger partial charge in [0.05, 0.1) is 0 Å². The van der Waals surface area contributed by atoms with Gasteiger partial charge in [-0.1, -0.05) is 0 Å².